The van der Waals surface area contributed by atoms with Crippen LogP contribution >= 0.6 is 15.9 Å². The summed E-state index contributed by atoms with van der Waals surface area (Å²) in [4.78, 5) is 11.1. The van der Waals surface area contributed by atoms with E-state index in [1.54, 1.807) is 11.4 Å². The highest BCUT2D eigenvalue weighted by Crippen LogP contribution is 2.20. The molecule has 1 aromatic carbocycles. The number of benzene rings is 1. The van der Waals surface area contributed by atoms with Gasteiger partial charge in [0.1, 0.15) is 6.54 Å². The average Bonchev–Trinajstić information content (AvgIpc) is 2.11. The number of carbonyl (C=O) groups is 1. The monoisotopic (exact) mass is 311 g/mol. The zero-order valence-corrected chi connectivity index (χ0v) is 10.0. The number of hydrogen-bond donors (Lipinski definition) is 3. The Bertz CT molecular complexity index is 402. The van der Waals surface area contributed by atoms with Crippen molar-refractivity contribution in [1.29, 1.82) is 0 Å². The lowest BCUT2D eigenvalue weighted by atomic mass is 10.3. The van der Waals surface area contributed by atoms with Crippen LogP contribution in [0.1, 0.15) is 0 Å². The van der Waals surface area contributed by atoms with Gasteiger partial charge in [-0.15, -0.1) is 0 Å². The molecule has 1 rings (SSSR count). The Kier molecular flexibility index (Phi) is 4.22. The zero-order valence-electron chi connectivity index (χ0n) is 8.44. The Hall–Kier alpha value is -1.44. The maximum atomic E-state index is 11.8. The molecule has 0 radical (unpaired) electrons. The van der Waals surface area contributed by atoms with Crippen molar-refractivity contribution in [3.05, 3.63) is 22.7 Å². The van der Waals surface area contributed by atoms with Gasteiger partial charge < -0.3 is 16.4 Å². The second-order valence-electron chi connectivity index (χ2n) is 3.20. The fourth-order valence-electron chi connectivity index (χ4n) is 1.04. The van der Waals surface area contributed by atoms with Crippen molar-refractivity contribution in [2.75, 3.05) is 17.6 Å². The quantitative estimate of drug-likeness (QED) is 0.735. The third-order valence-corrected chi connectivity index (χ3v) is 2.09. The lowest BCUT2D eigenvalue weighted by Crippen LogP contribution is -2.36. The van der Waals surface area contributed by atoms with Gasteiger partial charge in [-0.2, -0.15) is 13.2 Å². The molecule has 1 aromatic rings. The Morgan fingerprint density at radius 1 is 1.35 bits per heavy atom. The van der Waals surface area contributed by atoms with Crippen LogP contribution < -0.4 is 16.4 Å². The Morgan fingerprint density at radius 3 is 2.53 bits per heavy atom. The van der Waals surface area contributed by atoms with E-state index >= 15 is 0 Å². The van der Waals surface area contributed by atoms with Gasteiger partial charge in [0.25, 0.3) is 0 Å². The van der Waals surface area contributed by atoms with Gasteiger partial charge in [0.15, 0.2) is 0 Å². The number of nitrogen functional groups attached to an aromatic ring is 1. The van der Waals surface area contributed by atoms with Gasteiger partial charge >= 0.3 is 12.2 Å². The second kappa shape index (κ2) is 5.26. The number of carbonyl (C=O) groups excluding carboxylic acids is 1. The average molecular weight is 312 g/mol. The van der Waals surface area contributed by atoms with E-state index in [0.717, 1.165) is 0 Å². The Labute approximate surface area is 103 Å². The molecule has 0 unspecified atom stereocenters. The number of nitrogens with two attached hydrogens (primary N) is 1. The van der Waals surface area contributed by atoms with E-state index in [1.807, 2.05) is 0 Å². The molecule has 4 N–H and O–H groups in total. The summed E-state index contributed by atoms with van der Waals surface area (Å²) in [5, 5.41) is 3.91. The molecular formula is C9H9BrF3N3O. The molecule has 4 nitrogen and oxygen atoms in total. The summed E-state index contributed by atoms with van der Waals surface area (Å²) in [6, 6.07) is 3.60. The van der Waals surface area contributed by atoms with E-state index in [2.05, 4.69) is 21.2 Å². The van der Waals surface area contributed by atoms with Gasteiger partial charge in [-0.3, -0.25) is 0 Å². The highest BCUT2D eigenvalue weighted by molar-refractivity contribution is 9.10. The molecule has 0 aliphatic heterocycles. The number of urea groups is 1. The smallest absolute Gasteiger partial charge is 0.399 e. The molecule has 0 aromatic heterocycles. The fraction of sp³-hybridized carbons (Fsp3) is 0.222. The summed E-state index contributed by atoms with van der Waals surface area (Å²) in [6.07, 6.45) is -4.44. The largest absolute Gasteiger partial charge is 0.405 e. The second-order valence-corrected chi connectivity index (χ2v) is 4.11. The predicted molar refractivity (Wildman–Crippen MR) is 61.6 cm³/mol. The third kappa shape index (κ3) is 5.43. The van der Waals surface area contributed by atoms with Crippen molar-refractivity contribution < 1.29 is 18.0 Å². The van der Waals surface area contributed by atoms with Crippen LogP contribution in [0.4, 0.5) is 29.3 Å². The normalized spacial score (nSPS) is 11.1. The molecule has 0 heterocycles. The molecule has 0 bridgehead atoms. The summed E-state index contributed by atoms with van der Waals surface area (Å²) < 4.78 is 36.1. The van der Waals surface area contributed by atoms with Gasteiger partial charge in [0, 0.05) is 15.8 Å². The van der Waals surface area contributed by atoms with E-state index < -0.39 is 18.8 Å². The van der Waals surface area contributed by atoms with Crippen molar-refractivity contribution in [2.24, 2.45) is 0 Å². The highest BCUT2D eigenvalue weighted by atomic mass is 79.9. The first-order valence-electron chi connectivity index (χ1n) is 4.44. The summed E-state index contributed by atoms with van der Waals surface area (Å²) in [6.45, 7) is -1.39. The fourth-order valence-corrected chi connectivity index (χ4v) is 1.55. The van der Waals surface area contributed by atoms with Crippen LogP contribution in [0.15, 0.2) is 22.7 Å². The lowest BCUT2D eigenvalue weighted by molar-refractivity contribution is -0.122. The van der Waals surface area contributed by atoms with Gasteiger partial charge in [0.2, 0.25) is 0 Å². The van der Waals surface area contributed by atoms with E-state index in [9.17, 15) is 18.0 Å². The molecule has 17 heavy (non-hydrogen) atoms. The minimum atomic E-state index is -4.44. The molecule has 94 valence electrons. The Balaban J connectivity index is 2.56. The van der Waals surface area contributed by atoms with Gasteiger partial charge in [-0.25, -0.2) is 4.79 Å². The maximum absolute atomic E-state index is 11.8. The van der Waals surface area contributed by atoms with Gasteiger partial charge in [-0.1, -0.05) is 15.9 Å². The topological polar surface area (TPSA) is 67.1 Å². The molecule has 0 spiro atoms. The van der Waals surface area contributed by atoms with Crippen LogP contribution in [0.5, 0.6) is 0 Å². The van der Waals surface area contributed by atoms with E-state index in [-0.39, 0.29) is 0 Å². The molecule has 2 amide bonds. The molecule has 0 saturated heterocycles. The van der Waals surface area contributed by atoms with Crippen molar-refractivity contribution in [2.45, 2.75) is 6.18 Å². The molecule has 0 aliphatic rings. The number of halogens is 4. The predicted octanol–water partition coefficient (Wildman–Crippen LogP) is 2.72. The number of alkyl halides is 3. The molecular weight excluding hydrogens is 303 g/mol. The maximum Gasteiger partial charge on any atom is 0.405 e. The number of anilines is 2. The zero-order chi connectivity index (χ0) is 13.1. The molecule has 0 aliphatic carbocycles. The van der Waals surface area contributed by atoms with Crippen LogP contribution in [0, 0.1) is 0 Å². The summed E-state index contributed by atoms with van der Waals surface area (Å²) in [5.41, 5.74) is 6.18. The lowest BCUT2D eigenvalue weighted by Gasteiger charge is -2.10. The first kappa shape index (κ1) is 13.6. The summed E-state index contributed by atoms with van der Waals surface area (Å²) in [5.74, 6) is 0. The van der Waals surface area contributed by atoms with Crippen LogP contribution in [0.25, 0.3) is 0 Å². The van der Waals surface area contributed by atoms with Gasteiger partial charge in [-0.05, 0) is 18.2 Å². The van der Waals surface area contributed by atoms with Crippen molar-refractivity contribution >= 4 is 33.3 Å². The number of amides is 2. The summed E-state index contributed by atoms with van der Waals surface area (Å²) >= 11 is 3.14. The van der Waals surface area contributed by atoms with Crippen LogP contribution in [0.2, 0.25) is 0 Å². The standard InChI is InChI=1S/C9H9BrF3N3O/c10-5-1-6(14)3-7(2-5)16-8(17)15-4-9(11,12)13/h1-3H,4,14H2,(H2,15,16,17). The number of hydrogen-bond acceptors (Lipinski definition) is 2. The number of nitrogens with one attached hydrogen (secondary N) is 2. The van der Waals surface area contributed by atoms with Crippen LogP contribution in [-0.4, -0.2) is 18.8 Å². The highest BCUT2D eigenvalue weighted by Gasteiger charge is 2.27. The third-order valence-electron chi connectivity index (χ3n) is 1.63. The van der Waals surface area contributed by atoms with Crippen LogP contribution in [0.3, 0.4) is 0 Å². The summed E-state index contributed by atoms with van der Waals surface area (Å²) in [7, 11) is 0. The molecule has 0 saturated carbocycles. The molecule has 8 heteroatoms. The van der Waals surface area contributed by atoms with Crippen molar-refractivity contribution in [3.8, 4) is 0 Å². The minimum absolute atomic E-state index is 0.302. The van der Waals surface area contributed by atoms with Crippen molar-refractivity contribution in [3.63, 3.8) is 0 Å². The van der Waals surface area contributed by atoms with E-state index in [4.69, 9.17) is 5.73 Å². The first-order valence-corrected chi connectivity index (χ1v) is 5.23. The minimum Gasteiger partial charge on any atom is -0.399 e. The van der Waals surface area contributed by atoms with Crippen LogP contribution in [-0.2, 0) is 0 Å². The van der Waals surface area contributed by atoms with Crippen molar-refractivity contribution in [1.82, 2.24) is 5.32 Å². The number of rotatable bonds is 2. The first-order chi connectivity index (χ1) is 7.76. The molecule has 0 fully saturated rings. The van der Waals surface area contributed by atoms with Gasteiger partial charge in [0.05, 0.1) is 0 Å². The Morgan fingerprint density at radius 2 is 2.00 bits per heavy atom. The van der Waals surface area contributed by atoms with E-state index in [1.165, 1.54) is 12.1 Å². The molecule has 0 atom stereocenters. The van der Waals surface area contributed by atoms with E-state index in [0.29, 0.717) is 15.8 Å². The SMILES string of the molecule is Nc1cc(Br)cc(NC(=O)NCC(F)(F)F)c1.